The lowest BCUT2D eigenvalue weighted by Gasteiger charge is -1.99. The van der Waals surface area contributed by atoms with E-state index in [0.717, 1.165) is 5.56 Å². The maximum atomic E-state index is 10.5. The molecule has 0 bridgehead atoms. The second-order valence-corrected chi connectivity index (χ2v) is 3.22. The van der Waals surface area contributed by atoms with Crippen LogP contribution in [0.1, 0.15) is 21.3 Å². The van der Waals surface area contributed by atoms with Crippen LogP contribution in [0.15, 0.2) is 24.1 Å². The van der Waals surface area contributed by atoms with E-state index in [0.29, 0.717) is 4.88 Å². The summed E-state index contributed by atoms with van der Waals surface area (Å²) < 4.78 is 0. The summed E-state index contributed by atoms with van der Waals surface area (Å²) >= 11 is 1.17. The fourth-order valence-electron chi connectivity index (χ4n) is 0.774. The van der Waals surface area contributed by atoms with Crippen molar-refractivity contribution in [2.75, 3.05) is 0 Å². The molecule has 0 spiro atoms. The number of aromatic carboxylic acids is 1. The molecule has 1 aromatic rings. The normalized spacial score (nSPS) is 12.4. The molecule has 0 aliphatic heterocycles. The topological polar surface area (TPSA) is 63.3 Å². The lowest BCUT2D eigenvalue weighted by Crippen LogP contribution is -2.04. The Morgan fingerprint density at radius 3 is 2.92 bits per heavy atom. The fourth-order valence-corrected chi connectivity index (χ4v) is 1.57. The molecular formula is C8H9NO2S. The number of thiophene rings is 1. The van der Waals surface area contributed by atoms with E-state index < -0.39 is 5.97 Å². The molecule has 3 nitrogen and oxygen atoms in total. The zero-order chi connectivity index (χ0) is 9.14. The SMILES string of the molecule is C=C[C@@H](N)c1csc(C(=O)O)c1. The van der Waals surface area contributed by atoms with Gasteiger partial charge in [-0.3, -0.25) is 0 Å². The molecule has 4 heteroatoms. The number of carboxylic acids is 1. The Hall–Kier alpha value is -1.13. The van der Waals surface area contributed by atoms with Gasteiger partial charge in [0.05, 0.1) is 0 Å². The van der Waals surface area contributed by atoms with Crippen molar-refractivity contribution in [2.24, 2.45) is 5.73 Å². The van der Waals surface area contributed by atoms with Crippen LogP contribution in [0.2, 0.25) is 0 Å². The Kier molecular flexibility index (Phi) is 2.62. The predicted molar refractivity (Wildman–Crippen MR) is 48.4 cm³/mol. The highest BCUT2D eigenvalue weighted by atomic mass is 32.1. The number of carboxylic acid groups (broad SMARTS) is 1. The largest absolute Gasteiger partial charge is 0.477 e. The summed E-state index contributed by atoms with van der Waals surface area (Å²) in [5.41, 5.74) is 6.40. The summed E-state index contributed by atoms with van der Waals surface area (Å²) in [6.45, 7) is 3.52. The minimum Gasteiger partial charge on any atom is -0.477 e. The first kappa shape index (κ1) is 8.96. The van der Waals surface area contributed by atoms with Crippen molar-refractivity contribution >= 4 is 17.3 Å². The molecule has 1 atom stereocenters. The third-order valence-corrected chi connectivity index (χ3v) is 2.41. The van der Waals surface area contributed by atoms with Gasteiger partial charge in [-0.25, -0.2) is 4.79 Å². The lowest BCUT2D eigenvalue weighted by atomic mass is 10.1. The standard InChI is InChI=1S/C8H9NO2S/c1-2-6(9)5-3-7(8(10)11)12-4-5/h2-4,6H,1,9H2,(H,10,11)/t6-/m1/s1. The summed E-state index contributed by atoms with van der Waals surface area (Å²) in [7, 11) is 0. The second kappa shape index (κ2) is 3.51. The van der Waals surface area contributed by atoms with Crippen LogP contribution in [-0.4, -0.2) is 11.1 Å². The Morgan fingerprint density at radius 2 is 2.50 bits per heavy atom. The molecule has 0 fully saturated rings. The Morgan fingerprint density at radius 1 is 1.83 bits per heavy atom. The van der Waals surface area contributed by atoms with E-state index in [2.05, 4.69) is 6.58 Å². The summed E-state index contributed by atoms with van der Waals surface area (Å²) in [6, 6.07) is 1.30. The van der Waals surface area contributed by atoms with Gasteiger partial charge in [-0.2, -0.15) is 0 Å². The molecule has 0 amide bonds. The van der Waals surface area contributed by atoms with E-state index in [1.54, 1.807) is 17.5 Å². The summed E-state index contributed by atoms with van der Waals surface area (Å²) in [5, 5.41) is 10.3. The Labute approximate surface area is 74.1 Å². The van der Waals surface area contributed by atoms with Crippen molar-refractivity contribution < 1.29 is 9.90 Å². The first-order chi connectivity index (χ1) is 5.65. The number of hydrogen-bond donors (Lipinski definition) is 2. The summed E-state index contributed by atoms with van der Waals surface area (Å²) in [4.78, 5) is 10.8. The van der Waals surface area contributed by atoms with Crippen LogP contribution >= 0.6 is 11.3 Å². The van der Waals surface area contributed by atoms with E-state index in [4.69, 9.17) is 10.8 Å². The zero-order valence-corrected chi connectivity index (χ0v) is 7.17. The second-order valence-electron chi connectivity index (χ2n) is 2.31. The molecule has 0 aliphatic carbocycles. The van der Waals surface area contributed by atoms with E-state index in [1.165, 1.54) is 11.3 Å². The molecule has 3 N–H and O–H groups in total. The van der Waals surface area contributed by atoms with Crippen molar-refractivity contribution in [1.82, 2.24) is 0 Å². The van der Waals surface area contributed by atoms with Crippen molar-refractivity contribution in [3.05, 3.63) is 34.5 Å². The van der Waals surface area contributed by atoms with Gasteiger partial charge in [-0.05, 0) is 17.0 Å². The highest BCUT2D eigenvalue weighted by Gasteiger charge is 2.09. The molecule has 12 heavy (non-hydrogen) atoms. The zero-order valence-electron chi connectivity index (χ0n) is 6.36. The minimum atomic E-state index is -0.914. The van der Waals surface area contributed by atoms with Crippen molar-refractivity contribution in [3.63, 3.8) is 0 Å². The van der Waals surface area contributed by atoms with Crippen molar-refractivity contribution in [1.29, 1.82) is 0 Å². The van der Waals surface area contributed by atoms with Gasteiger partial charge >= 0.3 is 5.97 Å². The Bertz CT molecular complexity index is 306. The molecule has 1 rings (SSSR count). The van der Waals surface area contributed by atoms with Crippen LogP contribution < -0.4 is 5.73 Å². The van der Waals surface area contributed by atoms with Crippen LogP contribution in [0.25, 0.3) is 0 Å². The van der Waals surface area contributed by atoms with Crippen molar-refractivity contribution in [3.8, 4) is 0 Å². The Balaban J connectivity index is 2.91. The van der Waals surface area contributed by atoms with Gasteiger partial charge in [0.2, 0.25) is 0 Å². The molecular weight excluding hydrogens is 174 g/mol. The summed E-state index contributed by atoms with van der Waals surface area (Å²) in [5.74, 6) is -0.914. The van der Waals surface area contributed by atoms with Gasteiger partial charge in [-0.15, -0.1) is 17.9 Å². The van der Waals surface area contributed by atoms with E-state index in [1.807, 2.05) is 0 Å². The molecule has 1 heterocycles. The molecule has 0 saturated carbocycles. The lowest BCUT2D eigenvalue weighted by molar-refractivity contribution is 0.0702. The van der Waals surface area contributed by atoms with Crippen LogP contribution in [0.4, 0.5) is 0 Å². The number of carbonyl (C=O) groups is 1. The highest BCUT2D eigenvalue weighted by Crippen LogP contribution is 2.19. The smallest absolute Gasteiger partial charge is 0.345 e. The van der Waals surface area contributed by atoms with Gasteiger partial charge in [0.25, 0.3) is 0 Å². The van der Waals surface area contributed by atoms with Crippen LogP contribution in [0.5, 0.6) is 0 Å². The minimum absolute atomic E-state index is 0.269. The monoisotopic (exact) mass is 183 g/mol. The number of rotatable bonds is 3. The van der Waals surface area contributed by atoms with Gasteiger partial charge in [0.15, 0.2) is 0 Å². The van der Waals surface area contributed by atoms with Crippen LogP contribution in [-0.2, 0) is 0 Å². The predicted octanol–water partition coefficient (Wildman–Crippen LogP) is 1.63. The molecule has 64 valence electrons. The highest BCUT2D eigenvalue weighted by molar-refractivity contribution is 7.12. The maximum absolute atomic E-state index is 10.5. The molecule has 0 radical (unpaired) electrons. The first-order valence-electron chi connectivity index (χ1n) is 3.35. The quantitative estimate of drug-likeness (QED) is 0.700. The third-order valence-electron chi connectivity index (χ3n) is 1.47. The van der Waals surface area contributed by atoms with Crippen LogP contribution in [0, 0.1) is 0 Å². The first-order valence-corrected chi connectivity index (χ1v) is 4.23. The van der Waals surface area contributed by atoms with Gasteiger partial charge in [0.1, 0.15) is 4.88 Å². The van der Waals surface area contributed by atoms with E-state index in [-0.39, 0.29) is 6.04 Å². The average molecular weight is 183 g/mol. The summed E-state index contributed by atoms with van der Waals surface area (Å²) in [6.07, 6.45) is 1.58. The average Bonchev–Trinajstić information content (AvgIpc) is 2.51. The number of nitrogens with two attached hydrogens (primary N) is 1. The fraction of sp³-hybridized carbons (Fsp3) is 0.125. The van der Waals surface area contributed by atoms with Gasteiger partial charge < -0.3 is 10.8 Å². The molecule has 0 unspecified atom stereocenters. The van der Waals surface area contributed by atoms with E-state index >= 15 is 0 Å². The molecule has 0 saturated heterocycles. The number of hydrogen-bond acceptors (Lipinski definition) is 3. The van der Waals surface area contributed by atoms with Gasteiger partial charge in [0, 0.05) is 6.04 Å². The third kappa shape index (κ3) is 1.72. The van der Waals surface area contributed by atoms with E-state index in [9.17, 15) is 4.79 Å². The molecule has 1 aromatic heterocycles. The van der Waals surface area contributed by atoms with Gasteiger partial charge in [-0.1, -0.05) is 6.08 Å². The maximum Gasteiger partial charge on any atom is 0.345 e. The van der Waals surface area contributed by atoms with Crippen molar-refractivity contribution in [2.45, 2.75) is 6.04 Å². The molecule has 0 aromatic carbocycles. The molecule has 0 aliphatic rings. The van der Waals surface area contributed by atoms with Crippen LogP contribution in [0.3, 0.4) is 0 Å².